The Kier molecular flexibility index (Phi) is 3.79. The molecule has 0 heterocycles. The van der Waals surface area contributed by atoms with E-state index in [0.29, 0.717) is 6.07 Å². The molecule has 0 atom stereocenters. The lowest BCUT2D eigenvalue weighted by atomic mass is 10.1. The molecule has 0 unspecified atom stereocenters. The zero-order chi connectivity index (χ0) is 15.6. The standard InChI is InChI=1S/C13H8F2N2O4/c14-7-1-4-12(10(15)5-7)21-8-2-3-11(17(19)20)9(6-8)13(16)18/h1-6H,(H2,16,18). The maximum Gasteiger partial charge on any atom is 0.282 e. The summed E-state index contributed by atoms with van der Waals surface area (Å²) >= 11 is 0. The number of carbonyl (C=O) groups excluding carboxylic acids is 1. The van der Waals surface area contributed by atoms with Crippen LogP contribution in [0.5, 0.6) is 11.5 Å². The Balaban J connectivity index is 2.39. The van der Waals surface area contributed by atoms with Crippen molar-refractivity contribution in [1.29, 1.82) is 0 Å². The van der Waals surface area contributed by atoms with E-state index in [2.05, 4.69) is 0 Å². The number of halogens is 2. The average Bonchev–Trinajstić information content (AvgIpc) is 2.41. The van der Waals surface area contributed by atoms with E-state index < -0.39 is 28.2 Å². The Morgan fingerprint density at radius 2 is 1.90 bits per heavy atom. The molecule has 21 heavy (non-hydrogen) atoms. The van der Waals surface area contributed by atoms with Crippen molar-refractivity contribution in [2.45, 2.75) is 0 Å². The van der Waals surface area contributed by atoms with Crippen molar-refractivity contribution < 1.29 is 23.2 Å². The second-order valence-electron chi connectivity index (χ2n) is 3.98. The number of primary amides is 1. The molecular formula is C13H8F2N2O4. The van der Waals surface area contributed by atoms with Gasteiger partial charge in [0.05, 0.1) is 4.92 Å². The molecular weight excluding hydrogens is 286 g/mol. The lowest BCUT2D eigenvalue weighted by Gasteiger charge is -2.08. The minimum Gasteiger partial charge on any atom is -0.454 e. The van der Waals surface area contributed by atoms with E-state index in [1.807, 2.05) is 0 Å². The molecule has 108 valence electrons. The van der Waals surface area contributed by atoms with Crippen LogP contribution in [0.3, 0.4) is 0 Å². The smallest absolute Gasteiger partial charge is 0.282 e. The second kappa shape index (κ2) is 5.53. The quantitative estimate of drug-likeness (QED) is 0.692. The van der Waals surface area contributed by atoms with Crippen LogP contribution in [0.25, 0.3) is 0 Å². The molecule has 8 heteroatoms. The molecule has 0 fully saturated rings. The van der Waals surface area contributed by atoms with E-state index in [1.165, 1.54) is 6.07 Å². The van der Waals surface area contributed by atoms with Crippen LogP contribution in [0.1, 0.15) is 10.4 Å². The lowest BCUT2D eigenvalue weighted by molar-refractivity contribution is -0.385. The molecule has 0 aliphatic carbocycles. The van der Waals surface area contributed by atoms with Gasteiger partial charge in [-0.25, -0.2) is 8.78 Å². The van der Waals surface area contributed by atoms with Gasteiger partial charge in [0, 0.05) is 18.2 Å². The molecule has 2 aromatic rings. The van der Waals surface area contributed by atoms with Gasteiger partial charge in [0.1, 0.15) is 17.1 Å². The summed E-state index contributed by atoms with van der Waals surface area (Å²) in [5.41, 5.74) is 4.18. The summed E-state index contributed by atoms with van der Waals surface area (Å²) in [6, 6.07) is 5.86. The van der Waals surface area contributed by atoms with Gasteiger partial charge in [0.15, 0.2) is 11.6 Å². The monoisotopic (exact) mass is 294 g/mol. The number of rotatable bonds is 4. The van der Waals surface area contributed by atoms with Gasteiger partial charge >= 0.3 is 0 Å². The van der Waals surface area contributed by atoms with Crippen molar-refractivity contribution in [2.75, 3.05) is 0 Å². The minimum absolute atomic E-state index is 0.0418. The summed E-state index contributed by atoms with van der Waals surface area (Å²) in [4.78, 5) is 21.1. The summed E-state index contributed by atoms with van der Waals surface area (Å²) < 4.78 is 31.3. The van der Waals surface area contributed by atoms with E-state index in [-0.39, 0.29) is 17.1 Å². The number of carbonyl (C=O) groups is 1. The molecule has 1 amide bonds. The molecule has 2 aromatic carbocycles. The fraction of sp³-hybridized carbons (Fsp3) is 0. The zero-order valence-corrected chi connectivity index (χ0v) is 10.4. The number of hydrogen-bond acceptors (Lipinski definition) is 4. The molecule has 0 saturated carbocycles. The number of amides is 1. The first-order valence-corrected chi connectivity index (χ1v) is 5.59. The van der Waals surface area contributed by atoms with Gasteiger partial charge in [0.25, 0.3) is 11.6 Å². The van der Waals surface area contributed by atoms with Crippen molar-refractivity contribution in [3.63, 3.8) is 0 Å². The largest absolute Gasteiger partial charge is 0.454 e. The van der Waals surface area contributed by atoms with Gasteiger partial charge in [-0.15, -0.1) is 0 Å². The molecule has 0 aliphatic heterocycles. The lowest BCUT2D eigenvalue weighted by Crippen LogP contribution is -2.13. The molecule has 0 aliphatic rings. The maximum absolute atomic E-state index is 13.4. The number of nitro groups is 1. The van der Waals surface area contributed by atoms with Crippen LogP contribution in [-0.2, 0) is 0 Å². The van der Waals surface area contributed by atoms with Gasteiger partial charge in [-0.3, -0.25) is 14.9 Å². The van der Waals surface area contributed by atoms with Crippen molar-refractivity contribution in [2.24, 2.45) is 5.73 Å². The van der Waals surface area contributed by atoms with Crippen LogP contribution >= 0.6 is 0 Å². The third-order valence-electron chi connectivity index (χ3n) is 2.55. The van der Waals surface area contributed by atoms with Gasteiger partial charge in [0.2, 0.25) is 0 Å². The van der Waals surface area contributed by atoms with E-state index in [9.17, 15) is 23.7 Å². The number of nitrogens with two attached hydrogens (primary N) is 1. The number of nitro benzene ring substituents is 1. The first kappa shape index (κ1) is 14.4. The van der Waals surface area contributed by atoms with E-state index in [0.717, 1.165) is 24.3 Å². The predicted octanol–water partition coefficient (Wildman–Crippen LogP) is 2.76. The molecule has 0 saturated heterocycles. The minimum atomic E-state index is -1.02. The maximum atomic E-state index is 13.4. The van der Waals surface area contributed by atoms with E-state index >= 15 is 0 Å². The topological polar surface area (TPSA) is 95.5 Å². The zero-order valence-electron chi connectivity index (χ0n) is 10.4. The summed E-state index contributed by atoms with van der Waals surface area (Å²) in [6.45, 7) is 0. The fourth-order valence-electron chi connectivity index (χ4n) is 1.62. The Labute approximate surface area is 116 Å². The highest BCUT2D eigenvalue weighted by atomic mass is 19.1. The molecule has 0 aromatic heterocycles. The molecule has 0 bridgehead atoms. The number of hydrogen-bond donors (Lipinski definition) is 1. The second-order valence-corrected chi connectivity index (χ2v) is 3.98. The van der Waals surface area contributed by atoms with Crippen molar-refractivity contribution >= 4 is 11.6 Å². The summed E-state index contributed by atoms with van der Waals surface area (Å²) in [5.74, 6) is -3.08. The van der Waals surface area contributed by atoms with Crippen LogP contribution in [0.2, 0.25) is 0 Å². The molecule has 2 rings (SSSR count). The highest BCUT2D eigenvalue weighted by Gasteiger charge is 2.19. The van der Waals surface area contributed by atoms with Crippen LogP contribution in [-0.4, -0.2) is 10.8 Å². The van der Waals surface area contributed by atoms with Crippen LogP contribution < -0.4 is 10.5 Å². The van der Waals surface area contributed by atoms with Crippen molar-refractivity contribution in [3.05, 3.63) is 63.7 Å². The molecule has 0 spiro atoms. The van der Waals surface area contributed by atoms with Gasteiger partial charge in [-0.05, 0) is 18.2 Å². The average molecular weight is 294 g/mol. The van der Waals surface area contributed by atoms with Crippen molar-refractivity contribution in [1.82, 2.24) is 0 Å². The summed E-state index contributed by atoms with van der Waals surface area (Å²) in [5, 5.41) is 10.7. The highest BCUT2D eigenvalue weighted by molar-refractivity contribution is 5.97. The molecule has 6 nitrogen and oxygen atoms in total. The predicted molar refractivity (Wildman–Crippen MR) is 68.0 cm³/mol. The van der Waals surface area contributed by atoms with Crippen LogP contribution in [0, 0.1) is 21.7 Å². The van der Waals surface area contributed by atoms with Gasteiger partial charge in [-0.2, -0.15) is 0 Å². The number of ether oxygens (including phenoxy) is 1. The van der Waals surface area contributed by atoms with Crippen LogP contribution in [0.15, 0.2) is 36.4 Å². The normalized spacial score (nSPS) is 10.2. The van der Waals surface area contributed by atoms with Gasteiger partial charge in [-0.1, -0.05) is 0 Å². The van der Waals surface area contributed by atoms with E-state index in [1.54, 1.807) is 0 Å². The Bertz CT molecular complexity index is 734. The molecule has 0 radical (unpaired) electrons. The third-order valence-corrected chi connectivity index (χ3v) is 2.55. The number of nitrogens with zero attached hydrogens (tertiary/aromatic N) is 1. The fourth-order valence-corrected chi connectivity index (χ4v) is 1.62. The van der Waals surface area contributed by atoms with Gasteiger partial charge < -0.3 is 10.5 Å². The first-order chi connectivity index (χ1) is 9.88. The summed E-state index contributed by atoms with van der Waals surface area (Å²) in [6.07, 6.45) is 0. The SMILES string of the molecule is NC(=O)c1cc(Oc2ccc(F)cc2F)ccc1[N+](=O)[O-]. The molecule has 2 N–H and O–H groups in total. The Morgan fingerprint density at radius 1 is 1.19 bits per heavy atom. The van der Waals surface area contributed by atoms with Crippen LogP contribution in [0.4, 0.5) is 14.5 Å². The Morgan fingerprint density at radius 3 is 2.48 bits per heavy atom. The van der Waals surface area contributed by atoms with Crippen molar-refractivity contribution in [3.8, 4) is 11.5 Å². The number of benzene rings is 2. The third kappa shape index (κ3) is 3.11. The first-order valence-electron chi connectivity index (χ1n) is 5.59. The Hall–Kier alpha value is -3.03. The summed E-state index contributed by atoms with van der Waals surface area (Å²) in [7, 11) is 0. The highest BCUT2D eigenvalue weighted by Crippen LogP contribution is 2.29. The van der Waals surface area contributed by atoms with E-state index in [4.69, 9.17) is 10.5 Å².